The summed E-state index contributed by atoms with van der Waals surface area (Å²) in [4.78, 5) is 1.24. The van der Waals surface area contributed by atoms with Crippen LogP contribution in [0.15, 0.2) is 23.1 Å². The van der Waals surface area contributed by atoms with Gasteiger partial charge in [0.15, 0.2) is 0 Å². The van der Waals surface area contributed by atoms with Crippen molar-refractivity contribution in [1.29, 1.82) is 0 Å². The molecule has 2 nitrogen and oxygen atoms in total. The van der Waals surface area contributed by atoms with Gasteiger partial charge >= 0.3 is 0 Å². The van der Waals surface area contributed by atoms with Gasteiger partial charge in [-0.15, -0.1) is 11.8 Å². The molecule has 19 heavy (non-hydrogen) atoms. The van der Waals surface area contributed by atoms with E-state index in [-0.39, 0.29) is 0 Å². The molecule has 1 aromatic rings. The molecule has 106 valence electrons. The van der Waals surface area contributed by atoms with E-state index >= 15 is 0 Å². The molecule has 1 aliphatic carbocycles. The van der Waals surface area contributed by atoms with Crippen molar-refractivity contribution in [2.75, 3.05) is 6.26 Å². The van der Waals surface area contributed by atoms with E-state index in [4.69, 9.17) is 10.5 Å². The molecule has 3 heteroatoms. The van der Waals surface area contributed by atoms with Gasteiger partial charge in [-0.05, 0) is 43.6 Å². The van der Waals surface area contributed by atoms with Crippen LogP contribution in [-0.4, -0.2) is 12.4 Å². The van der Waals surface area contributed by atoms with Gasteiger partial charge in [0.2, 0.25) is 0 Å². The molecule has 1 fully saturated rings. The van der Waals surface area contributed by atoms with Crippen molar-refractivity contribution in [1.82, 2.24) is 0 Å². The van der Waals surface area contributed by atoms with Crippen molar-refractivity contribution in [2.24, 2.45) is 11.7 Å². The fraction of sp³-hybridized carbons (Fsp3) is 0.625. The highest BCUT2D eigenvalue weighted by molar-refractivity contribution is 7.98. The second-order valence-electron chi connectivity index (χ2n) is 5.32. The third kappa shape index (κ3) is 3.67. The Hall–Kier alpha value is -0.670. The fourth-order valence-corrected chi connectivity index (χ4v) is 3.59. The lowest BCUT2D eigenvalue weighted by molar-refractivity contribution is 0.120. The molecule has 0 spiro atoms. The summed E-state index contributed by atoms with van der Waals surface area (Å²) >= 11 is 1.74. The van der Waals surface area contributed by atoms with Crippen LogP contribution in [0.4, 0.5) is 0 Å². The first kappa shape index (κ1) is 14.7. The first-order valence-corrected chi connectivity index (χ1v) is 8.53. The SMILES string of the molecule is CCC1CCCC(Oc2cccc(SC)c2CN)C1. The Balaban J connectivity index is 2.10. The smallest absolute Gasteiger partial charge is 0.125 e. The number of hydrogen-bond donors (Lipinski definition) is 1. The normalized spacial score (nSPS) is 23.3. The average molecular weight is 279 g/mol. The van der Waals surface area contributed by atoms with Crippen LogP contribution in [0.2, 0.25) is 0 Å². The summed E-state index contributed by atoms with van der Waals surface area (Å²) in [5.41, 5.74) is 7.05. The van der Waals surface area contributed by atoms with Gasteiger partial charge in [0.25, 0.3) is 0 Å². The molecule has 2 atom stereocenters. The number of rotatable bonds is 5. The van der Waals surface area contributed by atoms with E-state index in [9.17, 15) is 0 Å². The van der Waals surface area contributed by atoms with Gasteiger partial charge in [-0.1, -0.05) is 25.8 Å². The highest BCUT2D eigenvalue weighted by Gasteiger charge is 2.23. The molecular formula is C16H25NOS. The Morgan fingerprint density at radius 2 is 2.21 bits per heavy atom. The van der Waals surface area contributed by atoms with Crippen molar-refractivity contribution >= 4 is 11.8 Å². The van der Waals surface area contributed by atoms with Crippen LogP contribution in [0.5, 0.6) is 5.75 Å². The summed E-state index contributed by atoms with van der Waals surface area (Å²) in [6, 6.07) is 6.26. The Morgan fingerprint density at radius 1 is 1.37 bits per heavy atom. The Morgan fingerprint density at radius 3 is 2.89 bits per heavy atom. The Bertz CT molecular complexity index is 408. The number of hydrogen-bond acceptors (Lipinski definition) is 3. The zero-order valence-electron chi connectivity index (χ0n) is 12.0. The zero-order chi connectivity index (χ0) is 13.7. The van der Waals surface area contributed by atoms with E-state index < -0.39 is 0 Å². The molecule has 0 heterocycles. The quantitative estimate of drug-likeness (QED) is 0.820. The second-order valence-corrected chi connectivity index (χ2v) is 6.17. The maximum absolute atomic E-state index is 6.26. The molecule has 2 unspecified atom stereocenters. The number of thioether (sulfide) groups is 1. The molecule has 0 aromatic heterocycles. The summed E-state index contributed by atoms with van der Waals surface area (Å²) in [5.74, 6) is 1.83. The lowest BCUT2D eigenvalue weighted by Gasteiger charge is -2.29. The molecular weight excluding hydrogens is 254 g/mol. The van der Waals surface area contributed by atoms with E-state index in [2.05, 4.69) is 31.4 Å². The third-order valence-corrected chi connectivity index (χ3v) is 4.94. The van der Waals surface area contributed by atoms with E-state index in [1.165, 1.54) is 37.0 Å². The van der Waals surface area contributed by atoms with Crippen molar-refractivity contribution in [2.45, 2.75) is 56.6 Å². The Kier molecular flexibility index (Phi) is 5.59. The number of nitrogens with two attached hydrogens (primary N) is 1. The van der Waals surface area contributed by atoms with Gasteiger partial charge in [0, 0.05) is 17.0 Å². The molecule has 0 bridgehead atoms. The molecule has 0 amide bonds. The predicted octanol–water partition coefficient (Wildman–Crippen LogP) is 4.21. The minimum Gasteiger partial charge on any atom is -0.490 e. The summed E-state index contributed by atoms with van der Waals surface area (Å²) in [6.45, 7) is 2.84. The van der Waals surface area contributed by atoms with E-state index in [0.717, 1.165) is 17.2 Å². The highest BCUT2D eigenvalue weighted by Crippen LogP contribution is 2.33. The average Bonchev–Trinajstić information content (AvgIpc) is 2.47. The zero-order valence-corrected chi connectivity index (χ0v) is 12.8. The highest BCUT2D eigenvalue weighted by atomic mass is 32.2. The van der Waals surface area contributed by atoms with Gasteiger partial charge in [-0.2, -0.15) is 0 Å². The summed E-state index contributed by atoms with van der Waals surface area (Å²) in [6.07, 6.45) is 8.78. The lowest BCUT2D eigenvalue weighted by Crippen LogP contribution is -2.25. The topological polar surface area (TPSA) is 35.2 Å². The predicted molar refractivity (Wildman–Crippen MR) is 82.8 cm³/mol. The molecule has 0 saturated heterocycles. The summed E-state index contributed by atoms with van der Waals surface area (Å²) in [7, 11) is 0. The molecule has 0 aliphatic heterocycles. The van der Waals surface area contributed by atoms with E-state index in [1.54, 1.807) is 11.8 Å². The van der Waals surface area contributed by atoms with E-state index in [0.29, 0.717) is 12.6 Å². The number of ether oxygens (including phenoxy) is 1. The van der Waals surface area contributed by atoms with Gasteiger partial charge < -0.3 is 10.5 Å². The molecule has 1 saturated carbocycles. The van der Waals surface area contributed by atoms with Crippen molar-refractivity contribution in [3.63, 3.8) is 0 Å². The lowest BCUT2D eigenvalue weighted by atomic mass is 9.85. The van der Waals surface area contributed by atoms with Crippen LogP contribution < -0.4 is 10.5 Å². The summed E-state index contributed by atoms with van der Waals surface area (Å²) in [5, 5.41) is 0. The van der Waals surface area contributed by atoms with Crippen molar-refractivity contribution < 1.29 is 4.74 Å². The van der Waals surface area contributed by atoms with E-state index in [1.807, 2.05) is 0 Å². The van der Waals surface area contributed by atoms with Crippen LogP contribution >= 0.6 is 11.8 Å². The fourth-order valence-electron chi connectivity index (χ4n) is 2.95. The largest absolute Gasteiger partial charge is 0.490 e. The minimum atomic E-state index is 0.376. The maximum atomic E-state index is 6.26. The van der Waals surface area contributed by atoms with Gasteiger partial charge in [0.1, 0.15) is 5.75 Å². The van der Waals surface area contributed by atoms with Crippen LogP contribution in [-0.2, 0) is 6.54 Å². The first-order chi connectivity index (χ1) is 9.28. The third-order valence-electron chi connectivity index (χ3n) is 4.12. The van der Waals surface area contributed by atoms with Crippen LogP contribution in [0.3, 0.4) is 0 Å². The minimum absolute atomic E-state index is 0.376. The monoisotopic (exact) mass is 279 g/mol. The molecule has 1 aliphatic rings. The van der Waals surface area contributed by atoms with Crippen LogP contribution in [0, 0.1) is 5.92 Å². The molecule has 2 rings (SSSR count). The second kappa shape index (κ2) is 7.20. The van der Waals surface area contributed by atoms with Crippen molar-refractivity contribution in [3.8, 4) is 5.75 Å². The molecule has 1 aromatic carbocycles. The first-order valence-electron chi connectivity index (χ1n) is 7.31. The van der Waals surface area contributed by atoms with Gasteiger partial charge in [-0.25, -0.2) is 0 Å². The van der Waals surface area contributed by atoms with Crippen molar-refractivity contribution in [3.05, 3.63) is 23.8 Å². The maximum Gasteiger partial charge on any atom is 0.125 e. The Labute approximate surface area is 121 Å². The van der Waals surface area contributed by atoms with Crippen LogP contribution in [0.25, 0.3) is 0 Å². The molecule has 2 N–H and O–H groups in total. The van der Waals surface area contributed by atoms with Crippen LogP contribution in [0.1, 0.15) is 44.6 Å². The van der Waals surface area contributed by atoms with Gasteiger partial charge in [0.05, 0.1) is 6.10 Å². The van der Waals surface area contributed by atoms with Gasteiger partial charge in [-0.3, -0.25) is 0 Å². The summed E-state index contributed by atoms with van der Waals surface area (Å²) < 4.78 is 6.26. The molecule has 0 radical (unpaired) electrons. The standard InChI is InChI=1S/C16H25NOS/c1-3-12-6-4-7-13(10-12)18-15-8-5-9-16(19-2)14(15)11-17/h5,8-9,12-13H,3-4,6-7,10-11,17H2,1-2H3. The number of benzene rings is 1.